The maximum Gasteiger partial charge on any atom is 0.251 e. The molecule has 3 heteroatoms. The molecular weight excluding hydrogens is 260 g/mol. The zero-order chi connectivity index (χ0) is 14.7. The number of amides is 1. The van der Waals surface area contributed by atoms with Crippen molar-refractivity contribution in [2.75, 3.05) is 11.4 Å². The van der Waals surface area contributed by atoms with Crippen LogP contribution in [0.2, 0.25) is 0 Å². The average molecular weight is 278 g/mol. The first-order chi connectivity index (χ1) is 10.2. The van der Waals surface area contributed by atoms with E-state index in [-0.39, 0.29) is 5.91 Å². The van der Waals surface area contributed by atoms with Crippen molar-refractivity contribution in [1.82, 2.24) is 4.98 Å². The number of benzene rings is 1. The molecule has 0 bridgehead atoms. The van der Waals surface area contributed by atoms with Gasteiger partial charge in [0.15, 0.2) is 0 Å². The Balaban J connectivity index is 1.80. The first-order valence-corrected chi connectivity index (χ1v) is 7.24. The van der Waals surface area contributed by atoms with E-state index in [2.05, 4.69) is 11.1 Å². The van der Waals surface area contributed by atoms with Gasteiger partial charge in [-0.15, -0.1) is 0 Å². The van der Waals surface area contributed by atoms with Gasteiger partial charge in [0.1, 0.15) is 0 Å². The third-order valence-electron chi connectivity index (χ3n) is 3.68. The number of anilines is 1. The molecule has 3 nitrogen and oxygen atoms in total. The highest BCUT2D eigenvalue weighted by Crippen LogP contribution is 2.25. The first-order valence-electron chi connectivity index (χ1n) is 7.24. The molecule has 2 heterocycles. The summed E-state index contributed by atoms with van der Waals surface area (Å²) in [6.45, 7) is 2.81. The van der Waals surface area contributed by atoms with Crippen LogP contribution in [0.15, 0.2) is 48.7 Å². The number of aryl methyl sites for hydroxylation is 2. The van der Waals surface area contributed by atoms with Crippen molar-refractivity contribution < 1.29 is 4.79 Å². The summed E-state index contributed by atoms with van der Waals surface area (Å²) in [4.78, 5) is 18.6. The van der Waals surface area contributed by atoms with Gasteiger partial charge < -0.3 is 4.90 Å². The Bertz CT molecular complexity index is 691. The minimum atomic E-state index is 0.0189. The molecule has 1 aliphatic heterocycles. The second kappa shape index (κ2) is 5.92. The Labute approximate surface area is 124 Å². The highest BCUT2D eigenvalue weighted by Gasteiger charge is 2.21. The van der Waals surface area contributed by atoms with Gasteiger partial charge in [-0.2, -0.15) is 0 Å². The monoisotopic (exact) mass is 278 g/mol. The van der Waals surface area contributed by atoms with Gasteiger partial charge in [0.25, 0.3) is 5.91 Å². The van der Waals surface area contributed by atoms with Crippen LogP contribution in [0, 0.1) is 6.92 Å². The molecule has 3 rings (SSSR count). The number of rotatable bonds is 2. The van der Waals surface area contributed by atoms with E-state index >= 15 is 0 Å². The van der Waals surface area contributed by atoms with E-state index in [9.17, 15) is 4.79 Å². The highest BCUT2D eigenvalue weighted by atomic mass is 16.2. The van der Waals surface area contributed by atoms with Gasteiger partial charge in [-0.3, -0.25) is 9.78 Å². The topological polar surface area (TPSA) is 33.2 Å². The Morgan fingerprint density at radius 3 is 3.05 bits per heavy atom. The van der Waals surface area contributed by atoms with E-state index in [1.807, 2.05) is 48.2 Å². The summed E-state index contributed by atoms with van der Waals surface area (Å²) in [6.07, 6.45) is 7.22. The lowest BCUT2D eigenvalue weighted by Gasteiger charge is -2.27. The lowest BCUT2D eigenvalue weighted by Crippen LogP contribution is -2.34. The zero-order valence-electron chi connectivity index (χ0n) is 12.1. The molecule has 0 saturated carbocycles. The Morgan fingerprint density at radius 1 is 1.29 bits per heavy atom. The molecule has 1 aromatic carbocycles. The second-order valence-corrected chi connectivity index (χ2v) is 5.31. The van der Waals surface area contributed by atoms with Crippen molar-refractivity contribution in [2.45, 2.75) is 19.8 Å². The average Bonchev–Trinajstić information content (AvgIpc) is 2.52. The van der Waals surface area contributed by atoms with Crippen molar-refractivity contribution in [3.63, 3.8) is 0 Å². The first kappa shape index (κ1) is 13.6. The molecule has 0 radical (unpaired) electrons. The molecule has 1 amide bonds. The normalized spacial score (nSPS) is 14.2. The summed E-state index contributed by atoms with van der Waals surface area (Å²) < 4.78 is 0. The van der Waals surface area contributed by atoms with Crippen LogP contribution in [-0.4, -0.2) is 17.4 Å². The number of aromatic nitrogens is 1. The van der Waals surface area contributed by atoms with E-state index < -0.39 is 0 Å². The van der Waals surface area contributed by atoms with E-state index in [1.54, 1.807) is 12.3 Å². The molecule has 0 saturated heterocycles. The Kier molecular flexibility index (Phi) is 3.82. The summed E-state index contributed by atoms with van der Waals surface area (Å²) in [6, 6.07) is 12.0. The summed E-state index contributed by atoms with van der Waals surface area (Å²) >= 11 is 0. The van der Waals surface area contributed by atoms with E-state index in [4.69, 9.17) is 0 Å². The number of pyridine rings is 1. The van der Waals surface area contributed by atoms with Crippen molar-refractivity contribution >= 4 is 17.7 Å². The van der Waals surface area contributed by atoms with Crippen molar-refractivity contribution in [3.05, 3.63) is 65.5 Å². The standard InChI is InChI=1S/C18H18N2O/c1-14-5-2-6-15(13-14)9-10-18(21)20-12-4-7-16-17(20)8-3-11-19-16/h2-3,5-6,8-11,13H,4,7,12H2,1H3/b10-9+. The van der Waals surface area contributed by atoms with Crippen molar-refractivity contribution in [1.29, 1.82) is 0 Å². The number of carbonyl (C=O) groups is 1. The molecule has 0 atom stereocenters. The second-order valence-electron chi connectivity index (χ2n) is 5.31. The van der Waals surface area contributed by atoms with Crippen LogP contribution in [0.3, 0.4) is 0 Å². The number of fused-ring (bicyclic) bond motifs is 1. The molecule has 2 aromatic rings. The van der Waals surface area contributed by atoms with Crippen LogP contribution in [0.25, 0.3) is 6.08 Å². The molecule has 0 aliphatic carbocycles. The fraction of sp³-hybridized carbons (Fsp3) is 0.222. The van der Waals surface area contributed by atoms with Gasteiger partial charge in [-0.1, -0.05) is 29.8 Å². The van der Waals surface area contributed by atoms with Crippen molar-refractivity contribution in [2.24, 2.45) is 0 Å². The lowest BCUT2D eigenvalue weighted by molar-refractivity contribution is -0.114. The van der Waals surface area contributed by atoms with E-state index in [1.165, 1.54) is 5.56 Å². The van der Waals surface area contributed by atoms with Gasteiger partial charge in [-0.05, 0) is 43.5 Å². The SMILES string of the molecule is Cc1cccc(/C=C/C(=O)N2CCCc3ncccc32)c1. The Hall–Kier alpha value is -2.42. The zero-order valence-corrected chi connectivity index (χ0v) is 12.1. The van der Waals surface area contributed by atoms with Gasteiger partial charge in [-0.25, -0.2) is 0 Å². The highest BCUT2D eigenvalue weighted by molar-refractivity contribution is 6.04. The van der Waals surface area contributed by atoms with E-state index in [0.717, 1.165) is 36.3 Å². The molecule has 21 heavy (non-hydrogen) atoms. The Morgan fingerprint density at radius 2 is 2.19 bits per heavy atom. The third-order valence-corrected chi connectivity index (χ3v) is 3.68. The molecule has 0 N–H and O–H groups in total. The number of nitrogens with zero attached hydrogens (tertiary/aromatic N) is 2. The maximum atomic E-state index is 12.4. The minimum absolute atomic E-state index is 0.0189. The van der Waals surface area contributed by atoms with Crippen molar-refractivity contribution in [3.8, 4) is 0 Å². The van der Waals surface area contributed by atoms with Gasteiger partial charge in [0.2, 0.25) is 0 Å². The van der Waals surface area contributed by atoms with Crippen LogP contribution in [0.4, 0.5) is 5.69 Å². The predicted octanol–water partition coefficient (Wildman–Crippen LogP) is 3.38. The summed E-state index contributed by atoms with van der Waals surface area (Å²) in [5.41, 5.74) is 4.20. The number of hydrogen-bond acceptors (Lipinski definition) is 2. The quantitative estimate of drug-likeness (QED) is 0.789. The van der Waals surface area contributed by atoms with Gasteiger partial charge in [0, 0.05) is 18.8 Å². The smallest absolute Gasteiger partial charge is 0.251 e. The summed E-state index contributed by atoms with van der Waals surface area (Å²) in [7, 11) is 0. The largest absolute Gasteiger partial charge is 0.307 e. The van der Waals surface area contributed by atoms with Crippen LogP contribution in [0.1, 0.15) is 23.2 Å². The fourth-order valence-corrected chi connectivity index (χ4v) is 2.65. The number of hydrogen-bond donors (Lipinski definition) is 0. The molecule has 1 aliphatic rings. The fourth-order valence-electron chi connectivity index (χ4n) is 2.65. The molecular formula is C18H18N2O. The minimum Gasteiger partial charge on any atom is -0.307 e. The van der Waals surface area contributed by atoms with Crippen LogP contribution in [-0.2, 0) is 11.2 Å². The van der Waals surface area contributed by atoms with E-state index in [0.29, 0.717) is 0 Å². The van der Waals surface area contributed by atoms with Gasteiger partial charge >= 0.3 is 0 Å². The predicted molar refractivity (Wildman–Crippen MR) is 85.1 cm³/mol. The van der Waals surface area contributed by atoms with Gasteiger partial charge in [0.05, 0.1) is 11.4 Å². The van der Waals surface area contributed by atoms with Crippen LogP contribution >= 0.6 is 0 Å². The van der Waals surface area contributed by atoms with Crippen LogP contribution < -0.4 is 4.90 Å². The number of carbonyl (C=O) groups excluding carboxylic acids is 1. The molecule has 0 fully saturated rings. The third kappa shape index (κ3) is 3.02. The summed E-state index contributed by atoms with van der Waals surface area (Å²) in [5, 5.41) is 0. The molecule has 106 valence electrons. The molecule has 0 spiro atoms. The molecule has 0 unspecified atom stereocenters. The summed E-state index contributed by atoms with van der Waals surface area (Å²) in [5.74, 6) is 0.0189. The maximum absolute atomic E-state index is 12.4. The molecule has 1 aromatic heterocycles. The lowest BCUT2D eigenvalue weighted by atomic mass is 10.1. The van der Waals surface area contributed by atoms with Crippen LogP contribution in [0.5, 0.6) is 0 Å².